The number of H-pyrrole nitrogens is 1. The molecule has 5 nitrogen and oxygen atoms in total. The van der Waals surface area contributed by atoms with Crippen molar-refractivity contribution in [1.82, 2.24) is 20.3 Å². The number of hydrogen-bond acceptors (Lipinski definition) is 4. The maximum atomic E-state index is 13.3. The summed E-state index contributed by atoms with van der Waals surface area (Å²) in [6.07, 6.45) is 2.35. The molecular weight excluding hydrogens is 283 g/mol. The lowest BCUT2D eigenvalue weighted by atomic mass is 10.1. The first kappa shape index (κ1) is 11.9. The largest absolute Gasteiger partial charge is 0.437 e. The number of hydrogen-bond donors (Lipinski definition) is 2. The Kier molecular flexibility index (Phi) is 2.55. The van der Waals surface area contributed by atoms with Crippen molar-refractivity contribution in [2.75, 3.05) is 0 Å². The molecule has 1 aromatic carbocycles. The van der Waals surface area contributed by atoms with Crippen LogP contribution in [0.2, 0.25) is 5.02 Å². The highest BCUT2D eigenvalue weighted by Gasteiger charge is 2.26. The van der Waals surface area contributed by atoms with Gasteiger partial charge in [0, 0.05) is 19.0 Å². The van der Waals surface area contributed by atoms with E-state index in [9.17, 15) is 4.39 Å². The fourth-order valence-electron chi connectivity index (χ4n) is 2.47. The molecule has 1 unspecified atom stereocenters. The number of nitrogens with zero attached hydrogens (tertiary/aromatic N) is 2. The van der Waals surface area contributed by atoms with E-state index >= 15 is 0 Å². The molecule has 1 aliphatic rings. The standard InChI is InChI=1S/C13H10ClFN4O/c14-7-1-6(15)2-9-12(7)20-13(19-9)10-3-8-11(4-16-10)18-5-17-8/h1-2,5,10,16H,3-4H2,(H,17,18). The van der Waals surface area contributed by atoms with Crippen LogP contribution in [0, 0.1) is 5.82 Å². The highest BCUT2D eigenvalue weighted by atomic mass is 35.5. The number of oxazole rings is 1. The van der Waals surface area contributed by atoms with Gasteiger partial charge in [-0.2, -0.15) is 0 Å². The zero-order valence-electron chi connectivity index (χ0n) is 10.3. The Morgan fingerprint density at radius 3 is 3.20 bits per heavy atom. The minimum absolute atomic E-state index is 0.0858. The SMILES string of the molecule is Fc1cc(Cl)c2oc(C3Cc4nc[nH]c4CN3)nc2c1. The van der Waals surface area contributed by atoms with E-state index in [0.717, 1.165) is 11.4 Å². The Balaban J connectivity index is 1.75. The number of fused-ring (bicyclic) bond motifs is 2. The molecule has 3 aromatic rings. The van der Waals surface area contributed by atoms with Gasteiger partial charge in [-0.05, 0) is 6.07 Å². The van der Waals surface area contributed by atoms with E-state index in [1.807, 2.05) is 0 Å². The van der Waals surface area contributed by atoms with Crippen LogP contribution in [0.1, 0.15) is 23.3 Å². The van der Waals surface area contributed by atoms with Crippen molar-refractivity contribution in [1.29, 1.82) is 0 Å². The van der Waals surface area contributed by atoms with Crippen LogP contribution in [0.5, 0.6) is 0 Å². The molecule has 0 bridgehead atoms. The molecular formula is C13H10ClFN4O. The second-order valence-corrected chi connectivity index (χ2v) is 5.16. The summed E-state index contributed by atoms with van der Waals surface area (Å²) in [5, 5.41) is 3.54. The van der Waals surface area contributed by atoms with Crippen molar-refractivity contribution in [2.24, 2.45) is 0 Å². The van der Waals surface area contributed by atoms with Gasteiger partial charge in [0.15, 0.2) is 5.58 Å². The lowest BCUT2D eigenvalue weighted by molar-refractivity contribution is 0.391. The van der Waals surface area contributed by atoms with Gasteiger partial charge in [-0.25, -0.2) is 14.4 Å². The highest BCUT2D eigenvalue weighted by Crippen LogP contribution is 2.30. The maximum absolute atomic E-state index is 13.3. The summed E-state index contributed by atoms with van der Waals surface area (Å²) in [6.45, 7) is 0.667. The van der Waals surface area contributed by atoms with Crippen LogP contribution >= 0.6 is 11.6 Å². The van der Waals surface area contributed by atoms with Crippen molar-refractivity contribution in [3.63, 3.8) is 0 Å². The van der Waals surface area contributed by atoms with Crippen molar-refractivity contribution in [3.05, 3.63) is 46.6 Å². The van der Waals surface area contributed by atoms with E-state index in [2.05, 4.69) is 20.3 Å². The number of imidazole rings is 1. The third-order valence-corrected chi connectivity index (χ3v) is 3.74. The molecule has 2 aromatic heterocycles. The average molecular weight is 293 g/mol. The van der Waals surface area contributed by atoms with Crippen molar-refractivity contribution >= 4 is 22.7 Å². The van der Waals surface area contributed by atoms with Crippen LogP contribution in [-0.2, 0) is 13.0 Å². The Hall–Kier alpha value is -1.92. The molecule has 0 spiro atoms. The van der Waals surface area contributed by atoms with Gasteiger partial charge in [-0.1, -0.05) is 11.6 Å². The molecule has 0 radical (unpaired) electrons. The Bertz CT molecular complexity index is 797. The summed E-state index contributed by atoms with van der Waals surface area (Å²) in [6, 6.07) is 2.45. The first-order valence-corrected chi connectivity index (χ1v) is 6.58. The Morgan fingerprint density at radius 2 is 2.30 bits per heavy atom. The number of aromatic amines is 1. The van der Waals surface area contributed by atoms with Gasteiger partial charge >= 0.3 is 0 Å². The van der Waals surface area contributed by atoms with Crippen molar-refractivity contribution in [2.45, 2.75) is 19.0 Å². The van der Waals surface area contributed by atoms with E-state index in [1.165, 1.54) is 12.1 Å². The molecule has 1 aliphatic heterocycles. The van der Waals surface area contributed by atoms with E-state index in [0.29, 0.717) is 30.0 Å². The van der Waals surface area contributed by atoms with Crippen LogP contribution in [0.4, 0.5) is 4.39 Å². The predicted molar refractivity (Wildman–Crippen MR) is 70.8 cm³/mol. The van der Waals surface area contributed by atoms with Crippen LogP contribution in [0.25, 0.3) is 11.1 Å². The smallest absolute Gasteiger partial charge is 0.213 e. The van der Waals surface area contributed by atoms with E-state index in [4.69, 9.17) is 16.0 Å². The molecule has 0 saturated heterocycles. The summed E-state index contributed by atoms with van der Waals surface area (Å²) < 4.78 is 19.0. The van der Waals surface area contributed by atoms with E-state index in [-0.39, 0.29) is 11.1 Å². The molecule has 2 N–H and O–H groups in total. The third-order valence-electron chi connectivity index (χ3n) is 3.45. The topological polar surface area (TPSA) is 66.7 Å². The fraction of sp³-hybridized carbons (Fsp3) is 0.231. The summed E-state index contributed by atoms with van der Waals surface area (Å²) in [5.74, 6) is 0.0784. The monoisotopic (exact) mass is 292 g/mol. The number of nitrogens with one attached hydrogen (secondary N) is 2. The van der Waals surface area contributed by atoms with Gasteiger partial charge in [0.05, 0.1) is 28.8 Å². The number of benzene rings is 1. The Morgan fingerprint density at radius 1 is 1.40 bits per heavy atom. The fourth-order valence-corrected chi connectivity index (χ4v) is 2.71. The lowest BCUT2D eigenvalue weighted by Crippen LogP contribution is -2.28. The lowest BCUT2D eigenvalue weighted by Gasteiger charge is -2.19. The van der Waals surface area contributed by atoms with Crippen molar-refractivity contribution < 1.29 is 8.81 Å². The molecule has 20 heavy (non-hydrogen) atoms. The summed E-state index contributed by atoms with van der Waals surface area (Å²) in [7, 11) is 0. The molecule has 7 heteroatoms. The molecule has 0 fully saturated rings. The minimum atomic E-state index is -0.423. The predicted octanol–water partition coefficient (Wildman–Crippen LogP) is 2.73. The first-order valence-electron chi connectivity index (χ1n) is 6.20. The van der Waals surface area contributed by atoms with Gasteiger partial charge < -0.3 is 9.40 Å². The summed E-state index contributed by atoms with van der Waals surface area (Å²) in [4.78, 5) is 11.7. The van der Waals surface area contributed by atoms with E-state index in [1.54, 1.807) is 6.33 Å². The van der Waals surface area contributed by atoms with Crippen LogP contribution < -0.4 is 5.32 Å². The quantitative estimate of drug-likeness (QED) is 0.724. The molecule has 3 heterocycles. The van der Waals surface area contributed by atoms with Gasteiger partial charge in [-0.15, -0.1) is 0 Å². The number of halogens is 2. The molecule has 0 amide bonds. The van der Waals surface area contributed by atoms with Gasteiger partial charge in [0.25, 0.3) is 0 Å². The molecule has 0 aliphatic carbocycles. The zero-order chi connectivity index (χ0) is 13.7. The van der Waals surface area contributed by atoms with Gasteiger partial charge in [0.1, 0.15) is 11.3 Å². The van der Waals surface area contributed by atoms with Crippen LogP contribution in [0.3, 0.4) is 0 Å². The Labute approximate surface area is 118 Å². The van der Waals surface area contributed by atoms with E-state index < -0.39 is 5.82 Å². The number of rotatable bonds is 1. The number of aromatic nitrogens is 3. The molecule has 102 valence electrons. The van der Waals surface area contributed by atoms with Crippen molar-refractivity contribution in [3.8, 4) is 0 Å². The third kappa shape index (κ3) is 1.80. The zero-order valence-corrected chi connectivity index (χ0v) is 11.0. The first-order chi connectivity index (χ1) is 9.70. The second kappa shape index (κ2) is 4.29. The molecule has 1 atom stereocenters. The second-order valence-electron chi connectivity index (χ2n) is 4.75. The molecule has 4 rings (SSSR count). The van der Waals surface area contributed by atoms with Crippen LogP contribution in [-0.4, -0.2) is 15.0 Å². The van der Waals surface area contributed by atoms with Gasteiger partial charge in [0.2, 0.25) is 5.89 Å². The summed E-state index contributed by atoms with van der Waals surface area (Å²) in [5.41, 5.74) is 2.91. The summed E-state index contributed by atoms with van der Waals surface area (Å²) >= 11 is 5.97. The maximum Gasteiger partial charge on any atom is 0.213 e. The minimum Gasteiger partial charge on any atom is -0.437 e. The van der Waals surface area contributed by atoms with Crippen LogP contribution in [0.15, 0.2) is 22.9 Å². The van der Waals surface area contributed by atoms with Gasteiger partial charge in [-0.3, -0.25) is 5.32 Å². The highest BCUT2D eigenvalue weighted by molar-refractivity contribution is 6.34. The normalized spacial score (nSPS) is 18.4. The molecule has 0 saturated carbocycles. The average Bonchev–Trinajstić information content (AvgIpc) is 3.03.